The molecule has 102 valence electrons. The Morgan fingerprint density at radius 3 is 2.71 bits per heavy atom. The third kappa shape index (κ3) is 1.82. The van der Waals surface area contributed by atoms with Crippen molar-refractivity contribution < 1.29 is 4.42 Å². The second-order valence-electron chi connectivity index (χ2n) is 5.30. The molecule has 3 heteroatoms. The zero-order chi connectivity index (χ0) is 14.4. The second kappa shape index (κ2) is 4.42. The van der Waals surface area contributed by atoms with Crippen molar-refractivity contribution in [3.63, 3.8) is 0 Å². The number of rotatable bonds is 1. The molecule has 0 spiro atoms. The van der Waals surface area contributed by atoms with Crippen LogP contribution < -0.4 is 0 Å². The van der Waals surface area contributed by atoms with Gasteiger partial charge in [0.25, 0.3) is 0 Å². The average Bonchev–Trinajstić information content (AvgIpc) is 2.85. The van der Waals surface area contributed by atoms with E-state index in [0.717, 1.165) is 38.9 Å². The van der Waals surface area contributed by atoms with Crippen LogP contribution >= 0.6 is 0 Å². The Morgan fingerprint density at radius 2 is 1.86 bits per heavy atom. The van der Waals surface area contributed by atoms with Crippen molar-refractivity contribution in [1.82, 2.24) is 9.97 Å². The molecule has 0 bridgehead atoms. The molecule has 21 heavy (non-hydrogen) atoms. The summed E-state index contributed by atoms with van der Waals surface area (Å²) >= 11 is 0. The number of aryl methyl sites for hydroxylation is 2. The molecular formula is C18H14N2O. The van der Waals surface area contributed by atoms with E-state index in [-0.39, 0.29) is 0 Å². The van der Waals surface area contributed by atoms with Crippen molar-refractivity contribution >= 4 is 22.1 Å². The van der Waals surface area contributed by atoms with Gasteiger partial charge in [0.2, 0.25) is 0 Å². The molecule has 0 radical (unpaired) electrons. The van der Waals surface area contributed by atoms with Gasteiger partial charge < -0.3 is 4.42 Å². The molecule has 0 N–H and O–H groups in total. The summed E-state index contributed by atoms with van der Waals surface area (Å²) < 4.78 is 6.06. The summed E-state index contributed by atoms with van der Waals surface area (Å²) in [4.78, 5) is 8.95. The van der Waals surface area contributed by atoms with E-state index in [9.17, 15) is 0 Å². The van der Waals surface area contributed by atoms with Crippen LogP contribution in [0.25, 0.3) is 33.3 Å². The Labute approximate surface area is 122 Å². The van der Waals surface area contributed by atoms with Crippen molar-refractivity contribution in [2.24, 2.45) is 0 Å². The number of hydrogen-bond donors (Lipinski definition) is 0. The van der Waals surface area contributed by atoms with Gasteiger partial charge >= 0.3 is 0 Å². The van der Waals surface area contributed by atoms with E-state index in [4.69, 9.17) is 4.42 Å². The molecule has 0 aliphatic carbocycles. The minimum atomic E-state index is 0.812. The largest absolute Gasteiger partial charge is 0.454 e. The summed E-state index contributed by atoms with van der Waals surface area (Å²) in [6, 6.07) is 12.1. The highest BCUT2D eigenvalue weighted by atomic mass is 16.3. The Hall–Kier alpha value is -2.68. The molecule has 3 heterocycles. The van der Waals surface area contributed by atoms with Gasteiger partial charge in [0.1, 0.15) is 11.1 Å². The maximum absolute atomic E-state index is 6.06. The number of benzene rings is 1. The Balaban J connectivity index is 2.14. The fourth-order valence-corrected chi connectivity index (χ4v) is 2.75. The summed E-state index contributed by atoms with van der Waals surface area (Å²) in [6.45, 7) is 4.15. The van der Waals surface area contributed by atoms with Gasteiger partial charge in [-0.1, -0.05) is 6.07 Å². The quantitative estimate of drug-likeness (QED) is 0.506. The Morgan fingerprint density at radius 1 is 0.952 bits per heavy atom. The number of fused-ring (bicyclic) bond motifs is 3. The van der Waals surface area contributed by atoms with E-state index in [1.165, 1.54) is 5.56 Å². The summed E-state index contributed by atoms with van der Waals surface area (Å²) in [7, 11) is 0. The zero-order valence-electron chi connectivity index (χ0n) is 11.9. The lowest BCUT2D eigenvalue weighted by Gasteiger charge is -2.06. The van der Waals surface area contributed by atoms with Crippen LogP contribution in [-0.2, 0) is 0 Å². The highest BCUT2D eigenvalue weighted by Crippen LogP contribution is 2.36. The Bertz CT molecular complexity index is 969. The Kier molecular flexibility index (Phi) is 2.54. The minimum Gasteiger partial charge on any atom is -0.454 e. The van der Waals surface area contributed by atoms with Crippen molar-refractivity contribution in [2.75, 3.05) is 0 Å². The molecular weight excluding hydrogens is 260 g/mol. The van der Waals surface area contributed by atoms with Crippen LogP contribution in [0.4, 0.5) is 0 Å². The van der Waals surface area contributed by atoms with Gasteiger partial charge in [-0.05, 0) is 55.3 Å². The molecule has 0 aliphatic heterocycles. The van der Waals surface area contributed by atoms with Gasteiger partial charge in [0, 0.05) is 23.3 Å². The summed E-state index contributed by atoms with van der Waals surface area (Å²) in [5.74, 6) is 0. The minimum absolute atomic E-state index is 0.812. The van der Waals surface area contributed by atoms with Gasteiger partial charge in [-0.2, -0.15) is 0 Å². The highest BCUT2D eigenvalue weighted by molar-refractivity contribution is 6.07. The maximum Gasteiger partial charge on any atom is 0.153 e. The molecule has 4 aromatic rings. The van der Waals surface area contributed by atoms with Gasteiger partial charge in [0.15, 0.2) is 5.58 Å². The third-order valence-electron chi connectivity index (χ3n) is 3.78. The zero-order valence-corrected chi connectivity index (χ0v) is 11.9. The van der Waals surface area contributed by atoms with Crippen LogP contribution in [0.15, 0.2) is 53.2 Å². The van der Waals surface area contributed by atoms with Gasteiger partial charge in [0.05, 0.1) is 5.69 Å². The van der Waals surface area contributed by atoms with Crippen LogP contribution in [0.2, 0.25) is 0 Å². The second-order valence-corrected chi connectivity index (χ2v) is 5.30. The molecule has 0 aliphatic rings. The number of furan rings is 1. The predicted octanol–water partition coefficient (Wildman–Crippen LogP) is 4.66. The first kappa shape index (κ1) is 12.1. The van der Waals surface area contributed by atoms with Crippen LogP contribution in [0.3, 0.4) is 0 Å². The van der Waals surface area contributed by atoms with E-state index in [1.54, 1.807) is 6.20 Å². The van der Waals surface area contributed by atoms with E-state index in [2.05, 4.69) is 42.0 Å². The fourth-order valence-electron chi connectivity index (χ4n) is 2.75. The van der Waals surface area contributed by atoms with E-state index in [1.807, 2.05) is 24.4 Å². The van der Waals surface area contributed by atoms with Gasteiger partial charge in [-0.25, -0.2) is 0 Å². The number of pyridine rings is 2. The predicted molar refractivity (Wildman–Crippen MR) is 84.2 cm³/mol. The summed E-state index contributed by atoms with van der Waals surface area (Å²) in [6.07, 6.45) is 3.63. The molecule has 3 nitrogen and oxygen atoms in total. The summed E-state index contributed by atoms with van der Waals surface area (Å²) in [5, 5.41) is 1.04. The topological polar surface area (TPSA) is 38.9 Å². The summed E-state index contributed by atoms with van der Waals surface area (Å²) in [5.41, 5.74) is 6.91. The van der Waals surface area contributed by atoms with E-state index >= 15 is 0 Å². The van der Waals surface area contributed by atoms with Crippen LogP contribution in [-0.4, -0.2) is 9.97 Å². The average molecular weight is 274 g/mol. The molecule has 0 unspecified atom stereocenters. The fraction of sp³-hybridized carbons (Fsp3) is 0.111. The van der Waals surface area contributed by atoms with Crippen molar-refractivity contribution in [3.05, 3.63) is 59.9 Å². The number of nitrogens with zero attached hydrogens (tertiary/aromatic N) is 2. The van der Waals surface area contributed by atoms with Crippen molar-refractivity contribution in [2.45, 2.75) is 13.8 Å². The molecule has 0 saturated carbocycles. The maximum atomic E-state index is 6.06. The standard InChI is InChI=1S/C18H14N2O/c1-11-7-9-19-14(10-11)16-12(2)5-6-13-17-15(21-18(13)16)4-3-8-20-17/h3-10H,1-2H3. The van der Waals surface area contributed by atoms with Crippen LogP contribution in [0.1, 0.15) is 11.1 Å². The SMILES string of the molecule is Cc1ccnc(-c2c(C)ccc3c2oc2cccnc23)c1. The monoisotopic (exact) mass is 274 g/mol. The highest BCUT2D eigenvalue weighted by Gasteiger charge is 2.15. The number of aromatic nitrogens is 2. The first-order valence-electron chi connectivity index (χ1n) is 6.94. The lowest BCUT2D eigenvalue weighted by atomic mass is 10.0. The lowest BCUT2D eigenvalue weighted by molar-refractivity contribution is 0.668. The molecule has 0 fully saturated rings. The van der Waals surface area contributed by atoms with Crippen molar-refractivity contribution in [3.8, 4) is 11.3 Å². The molecule has 0 saturated heterocycles. The van der Waals surface area contributed by atoms with E-state index in [0.29, 0.717) is 0 Å². The van der Waals surface area contributed by atoms with Gasteiger partial charge in [-0.3, -0.25) is 9.97 Å². The van der Waals surface area contributed by atoms with E-state index < -0.39 is 0 Å². The smallest absolute Gasteiger partial charge is 0.153 e. The molecule has 0 amide bonds. The first-order valence-corrected chi connectivity index (χ1v) is 6.94. The van der Waals surface area contributed by atoms with Crippen LogP contribution in [0.5, 0.6) is 0 Å². The van der Waals surface area contributed by atoms with Gasteiger partial charge in [-0.15, -0.1) is 0 Å². The molecule has 4 rings (SSSR count). The third-order valence-corrected chi connectivity index (χ3v) is 3.78. The molecule has 1 aromatic carbocycles. The van der Waals surface area contributed by atoms with Crippen molar-refractivity contribution in [1.29, 1.82) is 0 Å². The molecule has 0 atom stereocenters. The lowest BCUT2D eigenvalue weighted by Crippen LogP contribution is -1.88. The first-order chi connectivity index (χ1) is 10.2. The number of hydrogen-bond acceptors (Lipinski definition) is 3. The molecule has 3 aromatic heterocycles. The normalized spacial score (nSPS) is 11.3. The van der Waals surface area contributed by atoms with Crippen LogP contribution in [0, 0.1) is 13.8 Å².